The Bertz CT molecular complexity index is 3260. The first-order valence-corrected chi connectivity index (χ1v) is 42.4. The lowest BCUT2D eigenvalue weighted by atomic mass is 9.84. The van der Waals surface area contributed by atoms with E-state index >= 15 is 0 Å². The van der Waals surface area contributed by atoms with Crippen molar-refractivity contribution in [2.75, 3.05) is 151 Å². The van der Waals surface area contributed by atoms with Crippen molar-refractivity contribution in [1.82, 2.24) is 10.2 Å². The van der Waals surface area contributed by atoms with E-state index in [1.165, 1.54) is 124 Å². The molecule has 0 aliphatic carbocycles. The summed E-state index contributed by atoms with van der Waals surface area (Å²) in [6.07, 6.45) is 7.24. The van der Waals surface area contributed by atoms with Gasteiger partial charge in [0, 0.05) is 47.2 Å². The number of ether oxygens (including phenoxy) is 3. The van der Waals surface area contributed by atoms with E-state index in [0.29, 0.717) is 54.8 Å². The zero-order valence-electron chi connectivity index (χ0n) is 72.9. The van der Waals surface area contributed by atoms with Crippen molar-refractivity contribution in [3.8, 4) is 0 Å². The van der Waals surface area contributed by atoms with Crippen molar-refractivity contribution in [1.29, 1.82) is 0 Å². The summed E-state index contributed by atoms with van der Waals surface area (Å²) in [6.45, 7) is 76.7. The van der Waals surface area contributed by atoms with Gasteiger partial charge in [0.05, 0.1) is 56.2 Å². The molecular weight excluding hydrogens is 1410 g/mol. The highest BCUT2D eigenvalue weighted by molar-refractivity contribution is 7.86. The summed E-state index contributed by atoms with van der Waals surface area (Å²) in [5.74, 6) is 1.08. The SMILES string of the molecule is C.C.C=C(C)C.CC.CC(C)C(C)(C)C.C[C@@H](N1C(=O)c2ccccc2C1=O)C(C)(C)C.C[C@@H](OC(=O)C[N+]12CC[N+](CC(=O)NCCCC(=O)OCc3ccc([N+](C)=O)cc3)(CC1)CC2)C(C)(C)C.C[C@@H](OC(=O)C[N+]12CC[N+](CCC[N+]34CCC(CC3)CC4)(CC1)CC2)C(C)(C)C.C[C@@H](OS(C)(=O)=O)C(C)(C)C. The number of carbonyl (C=O) groups excluding carboxylic acids is 6. The largest absolute Gasteiger partial charge is 0.461 e. The molecule has 4 atom stereocenters. The fourth-order valence-electron chi connectivity index (χ4n) is 13.7. The van der Waals surface area contributed by atoms with Gasteiger partial charge in [0.2, 0.25) is 0 Å². The van der Waals surface area contributed by atoms with E-state index in [1.54, 1.807) is 55.5 Å². The van der Waals surface area contributed by atoms with Gasteiger partial charge < -0.3 is 41.9 Å². The molecule has 0 unspecified atom stereocenters. The first-order valence-electron chi connectivity index (χ1n) is 40.6. The Morgan fingerprint density at radius 1 is 0.536 bits per heavy atom. The minimum atomic E-state index is -3.31. The lowest BCUT2D eigenvalue weighted by Crippen LogP contribution is -2.76. The number of benzene rings is 2. The molecule has 12 rings (SSSR count). The summed E-state index contributed by atoms with van der Waals surface area (Å²) in [5.41, 5.74) is 3.75. The molecule has 9 fully saturated rings. The molecular formula is C88H162N8O13S+6. The number of amides is 3. The average molecular weight is 1570 g/mol. The number of esters is 3. The number of rotatable bonds is 22. The van der Waals surface area contributed by atoms with Gasteiger partial charge in [0.15, 0.2) is 26.7 Å². The summed E-state index contributed by atoms with van der Waals surface area (Å²) in [4.78, 5) is 86.9. The molecule has 6 bridgehead atoms. The number of nitroso groups, excluding NO2 is 1. The summed E-state index contributed by atoms with van der Waals surface area (Å²) in [5, 5.41) is 2.95. The minimum Gasteiger partial charge on any atom is -0.461 e. The number of hydrogen-bond donors (Lipinski definition) is 1. The van der Waals surface area contributed by atoms with E-state index in [1.807, 2.05) is 90.0 Å². The van der Waals surface area contributed by atoms with Crippen LogP contribution in [0.3, 0.4) is 0 Å². The topological polar surface area (TPSA) is 209 Å². The number of imide groups is 1. The van der Waals surface area contributed by atoms with Gasteiger partial charge in [-0.25, -0.2) is 9.59 Å². The van der Waals surface area contributed by atoms with Crippen LogP contribution in [0.5, 0.6) is 0 Å². The first kappa shape index (κ1) is 103. The summed E-state index contributed by atoms with van der Waals surface area (Å²) < 4.78 is 48.9. The van der Waals surface area contributed by atoms with E-state index in [0.717, 1.165) is 81.1 Å². The van der Waals surface area contributed by atoms with Gasteiger partial charge in [-0.2, -0.15) is 8.42 Å². The van der Waals surface area contributed by atoms with Crippen molar-refractivity contribution in [2.45, 2.75) is 257 Å². The van der Waals surface area contributed by atoms with Crippen molar-refractivity contribution in [3.05, 3.63) is 82.3 Å². The van der Waals surface area contributed by atoms with Crippen LogP contribution in [0, 0.1) is 43.8 Å². The maximum absolute atomic E-state index is 12.6. The third kappa shape index (κ3) is 33.5. The molecule has 10 heterocycles. The number of fused-ring (bicyclic) bond motifs is 10. The van der Waals surface area contributed by atoms with Crippen LogP contribution in [0.25, 0.3) is 0 Å². The maximum atomic E-state index is 12.6. The molecule has 21 nitrogen and oxygen atoms in total. The molecule has 22 heteroatoms. The van der Waals surface area contributed by atoms with Crippen LogP contribution in [-0.2, 0) is 54.3 Å². The van der Waals surface area contributed by atoms with Crippen LogP contribution in [0.4, 0.5) is 5.69 Å². The van der Waals surface area contributed by atoms with Gasteiger partial charge in [-0.05, 0) is 136 Å². The monoisotopic (exact) mass is 1570 g/mol. The molecule has 2 aromatic rings. The van der Waals surface area contributed by atoms with Gasteiger partial charge in [0.25, 0.3) is 33.5 Å². The Morgan fingerprint density at radius 3 is 1.20 bits per heavy atom. The second-order valence-corrected chi connectivity index (χ2v) is 40.0. The summed E-state index contributed by atoms with van der Waals surface area (Å²) in [7, 11) is -1.88. The molecule has 0 radical (unpaired) electrons. The van der Waals surface area contributed by atoms with Crippen molar-refractivity contribution >= 4 is 51.4 Å². The lowest BCUT2D eigenvalue weighted by molar-refractivity contribution is -1.08. The third-order valence-corrected chi connectivity index (χ3v) is 25.0. The quantitative estimate of drug-likeness (QED) is 0.0170. The van der Waals surface area contributed by atoms with Crippen molar-refractivity contribution < 1.29 is 82.8 Å². The number of carbonyl (C=O) groups is 6. The molecule has 3 amide bonds. The zero-order chi connectivity index (χ0) is 82.5. The molecule has 2 aromatic carbocycles. The Labute approximate surface area is 670 Å². The second kappa shape index (κ2) is 43.3. The smallest absolute Gasteiger partial charge is 0.362 e. The van der Waals surface area contributed by atoms with E-state index in [4.69, 9.17) is 18.4 Å². The van der Waals surface area contributed by atoms with E-state index in [9.17, 15) is 42.1 Å². The van der Waals surface area contributed by atoms with E-state index in [2.05, 4.69) is 88.1 Å². The molecule has 10 aliphatic heterocycles. The number of hydrogen-bond acceptors (Lipinski definition) is 13. The predicted molar refractivity (Wildman–Crippen MR) is 449 cm³/mol. The molecule has 110 heavy (non-hydrogen) atoms. The Kier molecular flexibility index (Phi) is 40.3. The standard InChI is InChI=1S/C28H44N4O6.C24H46N3O2.C14H17NO2.C7H16O3S.C7H16.C4H8.C2H6.2CH4/c1-22(28(2,3)4)38-27(35)20-32-16-13-31(14-17-32,15-18-32)19-25(33)29-12-6-7-26(34)37-21-23-8-10-24(11-9-23)30(5)36;1-21(24(2,3)4)29-23(28)20-27-17-14-26(15-18-27,16-19-27)10-5-9-25-11-6-22(7-12-25)8-13-25;1-9(14(2,3)4)15-12(16)10-7-5-6-8-11(10)13(15)17;1-6(7(2,3)4)10-11(5,8)9;1-6(2)7(3,4)5;1-4(2)3;1-2;;/h8-11,22H,6-7,12-21H2,1-5H3;21-22H,5-20H2,1-4H3;5-9H,1-4H3;6H,1-5H3;6H,1-5H3;1H2,2-3H3;1-2H3;2*1H4/q+2;+3;;;;;;;/p+1/t22-,31?,32?;21-,22?,25?,26?,27?;9-;6-;;;;;/m1111...../s1. The summed E-state index contributed by atoms with van der Waals surface area (Å²) in [6, 6.07) is 13.8. The number of piperidine rings is 3. The zero-order valence-corrected chi connectivity index (χ0v) is 73.8. The first-order chi connectivity index (χ1) is 49.6. The fourth-order valence-corrected chi connectivity index (χ4v) is 14.5. The Hall–Kier alpha value is -5.49. The van der Waals surface area contributed by atoms with Gasteiger partial charge in [-0.1, -0.05) is 164 Å². The van der Waals surface area contributed by atoms with Gasteiger partial charge in [-0.3, -0.25) is 28.3 Å². The molecule has 10 aliphatic rings. The third-order valence-electron chi connectivity index (χ3n) is 24.4. The maximum Gasteiger partial charge on any atom is 0.362 e. The number of quaternary nitrogens is 5. The molecule has 0 spiro atoms. The fraction of sp³-hybridized carbons (Fsp3) is 0.773. The highest BCUT2D eigenvalue weighted by atomic mass is 32.2. The second-order valence-electron chi connectivity index (χ2n) is 38.4. The normalized spacial score (nSPS) is 24.1. The van der Waals surface area contributed by atoms with Crippen molar-refractivity contribution in [3.63, 3.8) is 0 Å². The average Bonchev–Trinajstić information content (AvgIpc) is 0.939. The number of piperazine rings is 6. The lowest BCUT2D eigenvalue weighted by Gasteiger charge is -2.55. The Balaban J connectivity index is 0.000000738. The molecule has 9 saturated heterocycles. The number of nitrogens with zero attached hydrogens (tertiary/aromatic N) is 7. The van der Waals surface area contributed by atoms with Crippen LogP contribution in [-0.4, -0.2) is 251 Å². The van der Waals surface area contributed by atoms with E-state index < -0.39 is 10.1 Å². The Morgan fingerprint density at radius 2 is 0.882 bits per heavy atom. The van der Waals surface area contributed by atoms with Crippen LogP contribution in [0.2, 0.25) is 0 Å². The van der Waals surface area contributed by atoms with Crippen LogP contribution >= 0.6 is 0 Å². The molecule has 0 aromatic heterocycles. The highest BCUT2D eigenvalue weighted by Gasteiger charge is 2.53. The molecule has 0 saturated carbocycles. The van der Waals surface area contributed by atoms with E-state index in [-0.39, 0.29) is 110 Å². The summed E-state index contributed by atoms with van der Waals surface area (Å²) >= 11 is 0. The van der Waals surface area contributed by atoms with Crippen LogP contribution in [0.1, 0.15) is 253 Å². The predicted octanol–water partition coefficient (Wildman–Crippen LogP) is 15.6. The number of allylic oxidation sites excluding steroid dienone is 1. The van der Waals surface area contributed by atoms with Crippen molar-refractivity contribution in [2.24, 2.45) is 38.9 Å². The van der Waals surface area contributed by atoms with Gasteiger partial charge in [-0.15, -0.1) is 6.58 Å². The minimum absolute atomic E-state index is 0. The van der Waals surface area contributed by atoms with Crippen LogP contribution < -0.4 is 5.32 Å². The molecule has 632 valence electrons. The molecule has 1 N–H and O–H groups in total. The van der Waals surface area contributed by atoms with Gasteiger partial charge >= 0.3 is 17.9 Å². The van der Waals surface area contributed by atoms with Gasteiger partial charge in [0.1, 0.15) is 97.4 Å². The highest BCUT2D eigenvalue weighted by Crippen LogP contribution is 2.37. The van der Waals surface area contributed by atoms with Crippen LogP contribution in [0.15, 0.2) is 60.7 Å². The number of nitrogens with one attached hydrogen (secondary N) is 1.